The van der Waals surface area contributed by atoms with Crippen LogP contribution in [-0.4, -0.2) is 27.4 Å². The Hall–Kier alpha value is -0.309. The van der Waals surface area contributed by atoms with Gasteiger partial charge in [0.2, 0.25) is 18.1 Å². The first-order chi connectivity index (χ1) is 5.60. The summed E-state index contributed by atoms with van der Waals surface area (Å²) in [5.74, 6) is 0. The Morgan fingerprint density at radius 2 is 1.25 bits per heavy atom. The Labute approximate surface area is 79.6 Å². The molecule has 0 bridgehead atoms. The Bertz CT molecular complexity index is 184. The molecule has 0 amide bonds. The standard InChI is InChI=1S/C7H14O2Si3/c1-6-10(3)8-12(5)9-11(4)7-2/h1-2,10-12H,3-5H3. The Balaban J connectivity index is 3.69. The molecule has 0 heterocycles. The SMILES string of the molecule is C#C[SiH](C)O[SiH](C)O[SiH](C)C#C. The third kappa shape index (κ3) is 5.36. The summed E-state index contributed by atoms with van der Waals surface area (Å²) in [5.41, 5.74) is 5.24. The molecule has 0 saturated heterocycles. The van der Waals surface area contributed by atoms with E-state index in [4.69, 9.17) is 21.1 Å². The van der Waals surface area contributed by atoms with Crippen LogP contribution < -0.4 is 0 Å². The van der Waals surface area contributed by atoms with E-state index in [9.17, 15) is 0 Å². The summed E-state index contributed by atoms with van der Waals surface area (Å²) in [6.07, 6.45) is 10.4. The van der Waals surface area contributed by atoms with Gasteiger partial charge in [-0.3, -0.25) is 0 Å². The summed E-state index contributed by atoms with van der Waals surface area (Å²) in [7, 11) is -4.30. The molecule has 12 heavy (non-hydrogen) atoms. The van der Waals surface area contributed by atoms with E-state index in [1.165, 1.54) is 0 Å². The van der Waals surface area contributed by atoms with Crippen molar-refractivity contribution in [2.45, 2.75) is 19.6 Å². The van der Waals surface area contributed by atoms with Crippen molar-refractivity contribution >= 4 is 27.4 Å². The summed E-state index contributed by atoms with van der Waals surface area (Å²) in [6.45, 7) is 5.91. The van der Waals surface area contributed by atoms with E-state index < -0.39 is 27.4 Å². The van der Waals surface area contributed by atoms with Crippen LogP contribution in [0.1, 0.15) is 0 Å². The minimum atomic E-state index is -1.51. The van der Waals surface area contributed by atoms with Crippen LogP contribution in [0.25, 0.3) is 0 Å². The fraction of sp³-hybridized carbons (Fsp3) is 0.429. The van der Waals surface area contributed by atoms with Crippen LogP contribution in [0.15, 0.2) is 0 Å². The number of hydrogen-bond donors (Lipinski definition) is 0. The highest BCUT2D eigenvalue weighted by atomic mass is 28.4. The third-order valence-electron chi connectivity index (χ3n) is 1.26. The van der Waals surface area contributed by atoms with Crippen LogP contribution >= 0.6 is 0 Å². The molecule has 0 radical (unpaired) electrons. The van der Waals surface area contributed by atoms with Crippen LogP contribution in [0.5, 0.6) is 0 Å². The molecule has 0 rings (SSSR count). The quantitative estimate of drug-likeness (QED) is 0.481. The van der Waals surface area contributed by atoms with Crippen LogP contribution in [-0.2, 0) is 8.23 Å². The first kappa shape index (κ1) is 11.7. The van der Waals surface area contributed by atoms with Crippen LogP contribution in [0.2, 0.25) is 19.6 Å². The molecular weight excluding hydrogens is 200 g/mol. The lowest BCUT2D eigenvalue weighted by molar-refractivity contribution is 0.455. The van der Waals surface area contributed by atoms with Gasteiger partial charge in [0, 0.05) is 0 Å². The van der Waals surface area contributed by atoms with E-state index in [1.54, 1.807) is 0 Å². The van der Waals surface area contributed by atoms with Crippen LogP contribution in [0.4, 0.5) is 0 Å². The number of hydrogen-bond acceptors (Lipinski definition) is 2. The predicted octanol–water partition coefficient (Wildman–Crippen LogP) is -0.0781. The average molecular weight is 214 g/mol. The zero-order valence-electron chi connectivity index (χ0n) is 7.70. The van der Waals surface area contributed by atoms with Crippen molar-refractivity contribution in [1.82, 2.24) is 0 Å². The van der Waals surface area contributed by atoms with Crippen molar-refractivity contribution in [3.05, 3.63) is 0 Å². The van der Waals surface area contributed by atoms with Crippen molar-refractivity contribution in [3.63, 3.8) is 0 Å². The zero-order valence-corrected chi connectivity index (χ0v) is 11.2. The molecule has 5 heteroatoms. The molecule has 0 fully saturated rings. The fourth-order valence-corrected chi connectivity index (χ4v) is 6.75. The lowest BCUT2D eigenvalue weighted by atomic mass is 11.4. The molecule has 0 spiro atoms. The summed E-state index contributed by atoms with van der Waals surface area (Å²) in [4.78, 5) is 0. The molecule has 2 atom stereocenters. The van der Waals surface area contributed by atoms with Gasteiger partial charge in [0.15, 0.2) is 0 Å². The lowest BCUT2D eigenvalue weighted by Gasteiger charge is -2.15. The van der Waals surface area contributed by atoms with Gasteiger partial charge >= 0.3 is 0 Å². The van der Waals surface area contributed by atoms with Gasteiger partial charge in [-0.2, -0.15) is 0 Å². The Morgan fingerprint density at radius 1 is 0.917 bits per heavy atom. The molecule has 0 aromatic rings. The molecule has 0 saturated carbocycles. The maximum Gasteiger partial charge on any atom is 0.298 e. The van der Waals surface area contributed by atoms with E-state index in [0.717, 1.165) is 0 Å². The summed E-state index contributed by atoms with van der Waals surface area (Å²) >= 11 is 0. The van der Waals surface area contributed by atoms with E-state index in [0.29, 0.717) is 0 Å². The van der Waals surface area contributed by atoms with Crippen molar-refractivity contribution in [2.75, 3.05) is 0 Å². The normalized spacial score (nSPS) is 17.1. The molecular formula is C7H14O2Si3. The van der Waals surface area contributed by atoms with E-state index in [-0.39, 0.29) is 0 Å². The Kier molecular flexibility index (Phi) is 6.07. The summed E-state index contributed by atoms with van der Waals surface area (Å²) in [5, 5.41) is 0. The number of terminal acetylenes is 2. The second-order valence-electron chi connectivity index (χ2n) is 2.46. The smallest absolute Gasteiger partial charge is 0.298 e. The Morgan fingerprint density at radius 3 is 1.50 bits per heavy atom. The average Bonchev–Trinajstić information content (AvgIpc) is 2.03. The van der Waals surface area contributed by atoms with E-state index in [1.807, 2.05) is 19.6 Å². The first-order valence-electron chi connectivity index (χ1n) is 3.83. The molecule has 0 aliphatic heterocycles. The van der Waals surface area contributed by atoms with Crippen molar-refractivity contribution in [2.24, 2.45) is 0 Å². The second kappa shape index (κ2) is 6.23. The maximum atomic E-state index is 5.53. The largest absolute Gasteiger partial charge is 0.431 e. The molecule has 66 valence electrons. The molecule has 2 nitrogen and oxygen atoms in total. The molecule has 0 aromatic heterocycles. The second-order valence-corrected chi connectivity index (χ2v) is 9.01. The monoisotopic (exact) mass is 214 g/mol. The van der Waals surface area contributed by atoms with Crippen molar-refractivity contribution < 1.29 is 8.23 Å². The van der Waals surface area contributed by atoms with Gasteiger partial charge in [-0.1, -0.05) is 0 Å². The minimum Gasteiger partial charge on any atom is -0.431 e. The van der Waals surface area contributed by atoms with Crippen molar-refractivity contribution in [1.29, 1.82) is 0 Å². The van der Waals surface area contributed by atoms with Crippen LogP contribution in [0.3, 0.4) is 0 Å². The number of rotatable bonds is 4. The fourth-order valence-electron chi connectivity index (χ4n) is 0.686. The van der Waals surface area contributed by atoms with E-state index >= 15 is 0 Å². The molecule has 0 aromatic carbocycles. The van der Waals surface area contributed by atoms with Gasteiger partial charge in [0.25, 0.3) is 9.28 Å². The first-order valence-corrected chi connectivity index (χ1v) is 10.3. The predicted molar refractivity (Wildman–Crippen MR) is 58.9 cm³/mol. The molecule has 2 unspecified atom stereocenters. The summed E-state index contributed by atoms with van der Waals surface area (Å²) < 4.78 is 11.1. The van der Waals surface area contributed by atoms with Crippen molar-refractivity contribution in [3.8, 4) is 23.9 Å². The topological polar surface area (TPSA) is 18.5 Å². The van der Waals surface area contributed by atoms with E-state index in [2.05, 4.69) is 11.1 Å². The molecule has 0 aliphatic carbocycles. The third-order valence-corrected chi connectivity index (χ3v) is 8.53. The minimum absolute atomic E-state index is 1.39. The molecule has 0 N–H and O–H groups in total. The van der Waals surface area contributed by atoms with Gasteiger partial charge in [0.05, 0.1) is 0 Å². The van der Waals surface area contributed by atoms with Crippen LogP contribution in [0, 0.1) is 23.9 Å². The highest BCUT2D eigenvalue weighted by Crippen LogP contribution is 1.94. The summed E-state index contributed by atoms with van der Waals surface area (Å²) in [6, 6.07) is 0. The van der Waals surface area contributed by atoms with Gasteiger partial charge < -0.3 is 8.23 Å². The van der Waals surface area contributed by atoms with Gasteiger partial charge in [0.1, 0.15) is 0 Å². The molecule has 0 aliphatic rings. The highest BCUT2D eigenvalue weighted by molar-refractivity contribution is 6.73. The van der Waals surface area contributed by atoms with Gasteiger partial charge in [-0.25, -0.2) is 0 Å². The van der Waals surface area contributed by atoms with Gasteiger partial charge in [-0.05, 0) is 19.6 Å². The lowest BCUT2D eigenvalue weighted by Crippen LogP contribution is -2.31. The highest BCUT2D eigenvalue weighted by Gasteiger charge is 2.13. The van der Waals surface area contributed by atoms with Gasteiger partial charge in [-0.15, -0.1) is 23.9 Å². The maximum absolute atomic E-state index is 5.53. The zero-order chi connectivity index (χ0) is 9.56.